The fourth-order valence-corrected chi connectivity index (χ4v) is 2.42. The molecule has 0 aliphatic rings. The third-order valence-corrected chi connectivity index (χ3v) is 3.68. The maximum atomic E-state index is 9.35. The summed E-state index contributed by atoms with van der Waals surface area (Å²) in [6.45, 7) is 4.14. The normalized spacial score (nSPS) is 12.7. The minimum absolute atomic E-state index is 0.176. The topological polar surface area (TPSA) is 80.5 Å². The van der Waals surface area contributed by atoms with Gasteiger partial charge in [0.1, 0.15) is 23.0 Å². The van der Waals surface area contributed by atoms with Crippen LogP contribution in [0.4, 0.5) is 5.82 Å². The first-order chi connectivity index (χ1) is 9.67. The molecule has 1 atom stereocenters. The van der Waals surface area contributed by atoms with Gasteiger partial charge in [0.15, 0.2) is 5.65 Å². The lowest BCUT2D eigenvalue weighted by Gasteiger charge is -2.14. The van der Waals surface area contributed by atoms with Gasteiger partial charge >= 0.3 is 0 Å². The second kappa shape index (κ2) is 4.49. The average molecular weight is 265 g/mol. The molecule has 0 bridgehead atoms. The van der Waals surface area contributed by atoms with Gasteiger partial charge in [-0.05, 0) is 25.5 Å². The van der Waals surface area contributed by atoms with Crippen LogP contribution in [0.15, 0.2) is 24.3 Å². The van der Waals surface area contributed by atoms with Gasteiger partial charge in [-0.1, -0.05) is 19.1 Å². The molecular formula is C15H15N5. The van der Waals surface area contributed by atoms with E-state index in [1.165, 1.54) is 0 Å². The lowest BCUT2D eigenvalue weighted by molar-refractivity contribution is 0.551. The molecule has 3 aromatic rings. The second-order valence-corrected chi connectivity index (χ2v) is 4.88. The monoisotopic (exact) mass is 265 g/mol. The number of benzene rings is 1. The average Bonchev–Trinajstić information content (AvgIpc) is 2.74. The summed E-state index contributed by atoms with van der Waals surface area (Å²) in [4.78, 5) is 9.21. The lowest BCUT2D eigenvalue weighted by atomic mass is 10.2. The summed E-state index contributed by atoms with van der Waals surface area (Å²) in [5, 5.41) is 9.35. The van der Waals surface area contributed by atoms with E-state index in [4.69, 9.17) is 5.73 Å². The number of rotatable bonds is 2. The van der Waals surface area contributed by atoms with Crippen molar-refractivity contribution in [1.82, 2.24) is 14.5 Å². The zero-order valence-electron chi connectivity index (χ0n) is 11.5. The standard InChI is InChI=1S/C15H15N5/c1-3-9(2)20-14(17)10(8-16)13-15(20)19-12-7-5-4-6-11(12)18-13/h4-7,9H,3,17H2,1-2H3/t9-/m1/s1. The SMILES string of the molecule is CC[C@@H](C)n1c(N)c(C#N)c2nc3ccccc3nc21. The van der Waals surface area contributed by atoms with E-state index in [9.17, 15) is 5.26 Å². The zero-order valence-corrected chi connectivity index (χ0v) is 11.5. The summed E-state index contributed by atoms with van der Waals surface area (Å²) < 4.78 is 1.91. The van der Waals surface area contributed by atoms with E-state index in [1.807, 2.05) is 28.8 Å². The fraction of sp³-hybridized carbons (Fsp3) is 0.267. The van der Waals surface area contributed by atoms with E-state index in [0.717, 1.165) is 17.5 Å². The van der Waals surface area contributed by atoms with Gasteiger partial charge in [-0.2, -0.15) is 5.26 Å². The Morgan fingerprint density at radius 1 is 1.30 bits per heavy atom. The number of fused-ring (bicyclic) bond motifs is 2. The van der Waals surface area contributed by atoms with Crippen molar-refractivity contribution >= 4 is 28.0 Å². The van der Waals surface area contributed by atoms with Crippen LogP contribution in [-0.4, -0.2) is 14.5 Å². The van der Waals surface area contributed by atoms with Crippen LogP contribution in [0.3, 0.4) is 0 Å². The fourth-order valence-electron chi connectivity index (χ4n) is 2.42. The summed E-state index contributed by atoms with van der Waals surface area (Å²) >= 11 is 0. The van der Waals surface area contributed by atoms with Crippen LogP contribution in [0.25, 0.3) is 22.2 Å². The molecule has 100 valence electrons. The van der Waals surface area contributed by atoms with Crippen LogP contribution < -0.4 is 5.73 Å². The predicted octanol–water partition coefficient (Wildman–Crippen LogP) is 3.01. The molecule has 20 heavy (non-hydrogen) atoms. The van der Waals surface area contributed by atoms with Gasteiger partial charge in [-0.25, -0.2) is 9.97 Å². The van der Waals surface area contributed by atoms with Gasteiger partial charge in [0.2, 0.25) is 0 Å². The van der Waals surface area contributed by atoms with Crippen LogP contribution in [0.2, 0.25) is 0 Å². The van der Waals surface area contributed by atoms with Crippen molar-refractivity contribution in [2.45, 2.75) is 26.3 Å². The molecule has 5 nitrogen and oxygen atoms in total. The molecule has 0 saturated carbocycles. The summed E-state index contributed by atoms with van der Waals surface area (Å²) in [5.74, 6) is 0.451. The van der Waals surface area contributed by atoms with E-state index in [0.29, 0.717) is 22.5 Å². The second-order valence-electron chi connectivity index (χ2n) is 4.88. The van der Waals surface area contributed by atoms with E-state index in [2.05, 4.69) is 29.9 Å². The third kappa shape index (κ3) is 1.62. The Labute approximate surface area is 116 Å². The Morgan fingerprint density at radius 3 is 2.55 bits per heavy atom. The molecule has 3 rings (SSSR count). The van der Waals surface area contributed by atoms with Crippen molar-refractivity contribution in [2.24, 2.45) is 0 Å². The maximum Gasteiger partial charge on any atom is 0.162 e. The lowest BCUT2D eigenvalue weighted by Crippen LogP contribution is -2.08. The molecule has 0 unspecified atom stereocenters. The van der Waals surface area contributed by atoms with Crippen molar-refractivity contribution < 1.29 is 0 Å². The summed E-state index contributed by atoms with van der Waals surface area (Å²) in [6, 6.07) is 9.96. The first kappa shape index (κ1) is 12.4. The minimum atomic E-state index is 0.176. The highest BCUT2D eigenvalue weighted by Crippen LogP contribution is 2.30. The predicted molar refractivity (Wildman–Crippen MR) is 79.2 cm³/mol. The molecule has 0 fully saturated rings. The van der Waals surface area contributed by atoms with Crippen LogP contribution >= 0.6 is 0 Å². The molecule has 1 aromatic carbocycles. The quantitative estimate of drug-likeness (QED) is 0.772. The molecule has 2 heterocycles. The number of nitrogen functional groups attached to an aromatic ring is 1. The number of nitrogens with two attached hydrogens (primary N) is 1. The zero-order chi connectivity index (χ0) is 14.3. The number of nitriles is 1. The summed E-state index contributed by atoms with van der Waals surface area (Å²) in [7, 11) is 0. The number of para-hydroxylation sites is 2. The number of hydrogen-bond acceptors (Lipinski definition) is 4. The largest absolute Gasteiger partial charge is 0.384 e. The first-order valence-electron chi connectivity index (χ1n) is 6.63. The number of nitrogens with zero attached hydrogens (tertiary/aromatic N) is 4. The highest BCUT2D eigenvalue weighted by Gasteiger charge is 2.20. The number of aromatic nitrogens is 3. The highest BCUT2D eigenvalue weighted by atomic mass is 15.1. The van der Waals surface area contributed by atoms with Crippen molar-refractivity contribution in [2.75, 3.05) is 5.73 Å². The van der Waals surface area contributed by atoms with Crippen LogP contribution in [0, 0.1) is 11.3 Å². The van der Waals surface area contributed by atoms with E-state index >= 15 is 0 Å². The summed E-state index contributed by atoms with van der Waals surface area (Å²) in [5.41, 5.74) is 9.40. The number of anilines is 1. The molecule has 0 saturated heterocycles. The molecule has 0 spiro atoms. The van der Waals surface area contributed by atoms with Crippen LogP contribution in [-0.2, 0) is 0 Å². The Morgan fingerprint density at radius 2 is 1.95 bits per heavy atom. The first-order valence-corrected chi connectivity index (χ1v) is 6.63. The third-order valence-electron chi connectivity index (χ3n) is 3.68. The molecule has 0 aliphatic heterocycles. The van der Waals surface area contributed by atoms with Gasteiger partial charge in [-0.15, -0.1) is 0 Å². The molecule has 0 amide bonds. The Kier molecular flexibility index (Phi) is 2.79. The molecule has 2 aromatic heterocycles. The van der Waals surface area contributed by atoms with Crippen molar-refractivity contribution in [3.05, 3.63) is 29.8 Å². The Hall–Kier alpha value is -2.61. The molecule has 2 N–H and O–H groups in total. The van der Waals surface area contributed by atoms with Gasteiger partial charge in [0.25, 0.3) is 0 Å². The number of hydrogen-bond donors (Lipinski definition) is 1. The van der Waals surface area contributed by atoms with E-state index in [-0.39, 0.29) is 6.04 Å². The van der Waals surface area contributed by atoms with Gasteiger partial charge in [0.05, 0.1) is 11.0 Å². The highest BCUT2D eigenvalue weighted by molar-refractivity contribution is 5.92. The van der Waals surface area contributed by atoms with Crippen LogP contribution in [0.5, 0.6) is 0 Å². The van der Waals surface area contributed by atoms with Crippen molar-refractivity contribution in [3.8, 4) is 6.07 Å². The van der Waals surface area contributed by atoms with E-state index in [1.54, 1.807) is 0 Å². The molecular weight excluding hydrogens is 250 g/mol. The Balaban J connectivity index is 2.48. The van der Waals surface area contributed by atoms with Crippen LogP contribution in [0.1, 0.15) is 31.9 Å². The molecule has 5 heteroatoms. The van der Waals surface area contributed by atoms with Gasteiger partial charge in [0, 0.05) is 6.04 Å². The molecule has 0 aliphatic carbocycles. The van der Waals surface area contributed by atoms with Gasteiger partial charge < -0.3 is 10.3 Å². The Bertz CT molecular complexity index is 841. The smallest absolute Gasteiger partial charge is 0.162 e. The minimum Gasteiger partial charge on any atom is -0.384 e. The van der Waals surface area contributed by atoms with Gasteiger partial charge in [-0.3, -0.25) is 0 Å². The maximum absolute atomic E-state index is 9.35. The van der Waals surface area contributed by atoms with Crippen molar-refractivity contribution in [1.29, 1.82) is 5.26 Å². The molecule has 0 radical (unpaired) electrons. The van der Waals surface area contributed by atoms with Crippen molar-refractivity contribution in [3.63, 3.8) is 0 Å². The van der Waals surface area contributed by atoms with E-state index < -0.39 is 0 Å². The summed E-state index contributed by atoms with van der Waals surface area (Å²) in [6.07, 6.45) is 0.910.